The number of aromatic nitrogens is 3. The molecule has 1 fully saturated rings. The van der Waals surface area contributed by atoms with Crippen LogP contribution >= 0.6 is 11.6 Å². The predicted molar refractivity (Wildman–Crippen MR) is 114 cm³/mol. The summed E-state index contributed by atoms with van der Waals surface area (Å²) in [5, 5.41) is 35.1. The fourth-order valence-corrected chi connectivity index (χ4v) is 4.86. The van der Waals surface area contributed by atoms with Gasteiger partial charge in [-0.3, -0.25) is 0 Å². The Morgan fingerprint density at radius 1 is 1.29 bits per heavy atom. The van der Waals surface area contributed by atoms with Gasteiger partial charge in [-0.05, 0) is 30.7 Å². The van der Waals surface area contributed by atoms with Crippen LogP contribution in [0.1, 0.15) is 29.2 Å². The van der Waals surface area contributed by atoms with E-state index < -0.39 is 24.4 Å². The third kappa shape index (κ3) is 3.28. The number of nitrogens with zero attached hydrogens (tertiary/aromatic N) is 4. The smallest absolute Gasteiger partial charge is 0.147 e. The molecule has 0 spiro atoms. The van der Waals surface area contributed by atoms with Crippen LogP contribution in [0.3, 0.4) is 0 Å². The average Bonchev–Trinajstić information content (AvgIpc) is 3.25. The molecule has 4 atom stereocenters. The molecule has 0 bridgehead atoms. The number of ether oxygens (including phenoxy) is 1. The Morgan fingerprint density at radius 3 is 2.94 bits per heavy atom. The molecule has 3 aromatic rings. The van der Waals surface area contributed by atoms with Crippen LogP contribution in [-0.4, -0.2) is 49.6 Å². The molecular formula is C21H21ClN6O3. The van der Waals surface area contributed by atoms with Gasteiger partial charge in [0, 0.05) is 24.7 Å². The topological polar surface area (TPSA) is 142 Å². The third-order valence-electron chi connectivity index (χ3n) is 6.13. The first kappa shape index (κ1) is 20.0. The van der Waals surface area contributed by atoms with Crippen molar-refractivity contribution >= 4 is 28.5 Å². The molecule has 0 radical (unpaired) electrons. The number of aliphatic hydroxyl groups excluding tert-OH is 2. The molecule has 5 N–H and O–H groups in total. The summed E-state index contributed by atoms with van der Waals surface area (Å²) >= 11 is 6.33. The van der Waals surface area contributed by atoms with Crippen molar-refractivity contribution in [3.63, 3.8) is 0 Å². The first-order chi connectivity index (χ1) is 15.0. The van der Waals surface area contributed by atoms with Crippen LogP contribution in [0, 0.1) is 11.3 Å². The molecule has 2 aromatic heterocycles. The fraction of sp³-hybridized carbons (Fsp3) is 0.381. The highest BCUT2D eigenvalue weighted by Gasteiger charge is 2.45. The molecule has 31 heavy (non-hydrogen) atoms. The highest BCUT2D eigenvalue weighted by atomic mass is 35.5. The van der Waals surface area contributed by atoms with E-state index in [1.54, 1.807) is 16.8 Å². The van der Waals surface area contributed by atoms with E-state index in [1.165, 1.54) is 6.33 Å². The van der Waals surface area contributed by atoms with Crippen molar-refractivity contribution in [2.24, 2.45) is 0 Å². The molecule has 1 aromatic carbocycles. The Hall–Kier alpha value is -2.90. The lowest BCUT2D eigenvalue weighted by molar-refractivity contribution is -0.0166. The minimum Gasteiger partial charge on any atom is -0.487 e. The second-order valence-corrected chi connectivity index (χ2v) is 8.34. The number of anilines is 1. The first-order valence-electron chi connectivity index (χ1n) is 10.0. The van der Waals surface area contributed by atoms with Crippen molar-refractivity contribution in [3.05, 3.63) is 46.4 Å². The molecule has 2 aliphatic rings. The Bertz CT molecular complexity index is 1210. The van der Waals surface area contributed by atoms with Crippen LogP contribution in [0.5, 0.6) is 5.75 Å². The van der Waals surface area contributed by atoms with Crippen LogP contribution in [0.2, 0.25) is 5.02 Å². The van der Waals surface area contributed by atoms with Gasteiger partial charge in [0.1, 0.15) is 41.9 Å². The van der Waals surface area contributed by atoms with Gasteiger partial charge in [-0.15, -0.1) is 0 Å². The van der Waals surface area contributed by atoms with Gasteiger partial charge < -0.3 is 30.6 Å². The molecule has 1 saturated carbocycles. The summed E-state index contributed by atoms with van der Waals surface area (Å²) in [5.41, 5.74) is 8.97. The molecule has 3 heterocycles. The van der Waals surface area contributed by atoms with Crippen LogP contribution in [0.4, 0.5) is 5.82 Å². The Morgan fingerprint density at radius 2 is 2.13 bits per heavy atom. The summed E-state index contributed by atoms with van der Waals surface area (Å²) < 4.78 is 7.91. The van der Waals surface area contributed by atoms with Gasteiger partial charge >= 0.3 is 0 Å². The zero-order valence-corrected chi connectivity index (χ0v) is 17.3. The van der Waals surface area contributed by atoms with E-state index in [0.717, 1.165) is 24.1 Å². The Labute approximate surface area is 183 Å². The number of hydrogen-bond acceptors (Lipinski definition) is 8. The van der Waals surface area contributed by atoms with Crippen LogP contribution in [-0.2, 0) is 13.0 Å². The minimum atomic E-state index is -1.13. The summed E-state index contributed by atoms with van der Waals surface area (Å²) in [5.74, 6) is 0.808. The molecule has 9 nitrogen and oxygen atoms in total. The number of nitrogens with one attached hydrogen (secondary N) is 1. The normalized spacial score (nSPS) is 25.4. The maximum atomic E-state index is 10.8. The Kier molecular flexibility index (Phi) is 4.95. The molecule has 0 saturated heterocycles. The number of fused-ring (bicyclic) bond motifs is 2. The number of benzene rings is 1. The number of rotatable bonds is 3. The largest absolute Gasteiger partial charge is 0.487 e. The van der Waals surface area contributed by atoms with Crippen molar-refractivity contribution in [3.8, 4) is 11.8 Å². The maximum absolute atomic E-state index is 10.8. The minimum absolute atomic E-state index is 0.252. The lowest BCUT2D eigenvalue weighted by Gasteiger charge is -2.24. The standard InChI is InChI=1S/C21H21ClN6O3/c22-13-8-28(21-17(13)20(24)26-9-27-21)14-5-16(19(30)18(14)29)31-15-4-10(6-23)3-11-1-2-25-7-12(11)15/h3-4,8-9,14,16,18-19,25,29-30H,1-2,5,7H2,(H2,24,26,27)/t14-,16+,18+,19-/m1/s1. The summed E-state index contributed by atoms with van der Waals surface area (Å²) in [7, 11) is 0. The summed E-state index contributed by atoms with van der Waals surface area (Å²) in [6.07, 6.45) is 1.21. The number of halogens is 1. The van der Waals surface area contributed by atoms with Crippen LogP contribution in [0.15, 0.2) is 24.7 Å². The van der Waals surface area contributed by atoms with Crippen molar-refractivity contribution < 1.29 is 14.9 Å². The van der Waals surface area contributed by atoms with E-state index in [-0.39, 0.29) is 5.82 Å². The second-order valence-electron chi connectivity index (χ2n) is 7.93. The SMILES string of the molecule is N#Cc1cc2c(c(O[C@H]3C[C@@H](n4cc(Cl)c5c(N)ncnc54)[C@H](O)[C@@H]3O)c1)CNCC2. The number of nitrogens with two attached hydrogens (primary N) is 1. The van der Waals surface area contributed by atoms with Crippen molar-refractivity contribution in [1.82, 2.24) is 19.9 Å². The van der Waals surface area contributed by atoms with Gasteiger partial charge in [0.2, 0.25) is 0 Å². The van der Waals surface area contributed by atoms with Gasteiger partial charge in [-0.25, -0.2) is 9.97 Å². The molecule has 1 aliphatic heterocycles. The average molecular weight is 441 g/mol. The fourth-order valence-electron chi connectivity index (χ4n) is 4.57. The number of hydrogen-bond donors (Lipinski definition) is 4. The quantitative estimate of drug-likeness (QED) is 0.477. The van der Waals surface area contributed by atoms with E-state index in [1.807, 2.05) is 6.07 Å². The van der Waals surface area contributed by atoms with E-state index in [4.69, 9.17) is 22.1 Å². The molecule has 0 unspecified atom stereocenters. The first-order valence-corrected chi connectivity index (χ1v) is 10.4. The molecule has 5 rings (SSSR count). The van der Waals surface area contributed by atoms with Gasteiger partial charge in [0.25, 0.3) is 0 Å². The van der Waals surface area contributed by atoms with E-state index >= 15 is 0 Å². The zero-order chi connectivity index (χ0) is 21.7. The van der Waals surface area contributed by atoms with Gasteiger partial charge in [0.15, 0.2) is 0 Å². The summed E-state index contributed by atoms with van der Waals surface area (Å²) in [6.45, 7) is 1.46. The lowest BCUT2D eigenvalue weighted by Crippen LogP contribution is -2.35. The molecule has 10 heteroatoms. The monoisotopic (exact) mass is 440 g/mol. The third-order valence-corrected chi connectivity index (χ3v) is 6.42. The van der Waals surface area contributed by atoms with E-state index in [0.29, 0.717) is 40.3 Å². The lowest BCUT2D eigenvalue weighted by atomic mass is 9.97. The van der Waals surface area contributed by atoms with Crippen molar-refractivity contribution in [2.45, 2.75) is 43.7 Å². The van der Waals surface area contributed by atoms with Crippen molar-refractivity contribution in [1.29, 1.82) is 5.26 Å². The maximum Gasteiger partial charge on any atom is 0.147 e. The molecule has 1 aliphatic carbocycles. The Balaban J connectivity index is 1.48. The summed E-state index contributed by atoms with van der Waals surface area (Å²) in [4.78, 5) is 8.24. The van der Waals surface area contributed by atoms with Crippen LogP contribution in [0.25, 0.3) is 11.0 Å². The second kappa shape index (κ2) is 7.66. The highest BCUT2D eigenvalue weighted by Crippen LogP contribution is 2.39. The number of nitrogen functional groups attached to an aromatic ring is 1. The molecular weight excluding hydrogens is 420 g/mol. The van der Waals surface area contributed by atoms with E-state index in [2.05, 4.69) is 21.4 Å². The molecule has 0 amide bonds. The summed E-state index contributed by atoms with van der Waals surface area (Å²) in [6, 6.07) is 5.22. The van der Waals surface area contributed by atoms with Gasteiger partial charge in [-0.2, -0.15) is 5.26 Å². The van der Waals surface area contributed by atoms with Crippen molar-refractivity contribution in [2.75, 3.05) is 12.3 Å². The van der Waals surface area contributed by atoms with E-state index in [9.17, 15) is 15.5 Å². The number of nitriles is 1. The molecule has 160 valence electrons. The number of aliphatic hydroxyl groups is 2. The van der Waals surface area contributed by atoms with Crippen LogP contribution < -0.4 is 15.8 Å². The zero-order valence-electron chi connectivity index (χ0n) is 16.5. The van der Waals surface area contributed by atoms with Gasteiger partial charge in [0.05, 0.1) is 28.1 Å². The predicted octanol–water partition coefficient (Wildman–Crippen LogP) is 1.30. The highest BCUT2D eigenvalue weighted by molar-refractivity contribution is 6.36. The van der Waals surface area contributed by atoms with Gasteiger partial charge in [-0.1, -0.05) is 11.6 Å².